The fraction of sp³-hybridized carbons (Fsp3) is 0.289. The van der Waals surface area contributed by atoms with Crippen LogP contribution in [0.15, 0.2) is 119 Å². The average molecular weight is 620 g/mol. The molecular formula is C38H45N5O3. The molecule has 0 radical (unpaired) electrons. The van der Waals surface area contributed by atoms with E-state index in [0.29, 0.717) is 23.6 Å². The zero-order chi connectivity index (χ0) is 31.0. The minimum absolute atomic E-state index is 0. The highest BCUT2D eigenvalue weighted by atomic mass is 16.5. The van der Waals surface area contributed by atoms with Crippen LogP contribution in [0.4, 0.5) is 11.6 Å². The average Bonchev–Trinajstić information content (AvgIpc) is 3.52. The lowest BCUT2D eigenvalue weighted by Gasteiger charge is -2.40. The second-order valence-corrected chi connectivity index (χ2v) is 11.6. The van der Waals surface area contributed by atoms with Crippen molar-refractivity contribution in [3.05, 3.63) is 126 Å². The van der Waals surface area contributed by atoms with E-state index in [9.17, 15) is 0 Å². The molecule has 2 heterocycles. The molecule has 1 fully saturated rings. The number of furan rings is 1. The Morgan fingerprint density at radius 2 is 1.52 bits per heavy atom. The number of unbranched alkanes of at least 4 members (excludes halogenated alkanes) is 1. The largest absolute Gasteiger partial charge is 0.495 e. The lowest BCUT2D eigenvalue weighted by molar-refractivity contribution is 0.108. The Morgan fingerprint density at radius 1 is 0.870 bits per heavy atom. The van der Waals surface area contributed by atoms with E-state index in [0.717, 1.165) is 68.4 Å². The van der Waals surface area contributed by atoms with Crippen LogP contribution in [-0.2, 0) is 6.42 Å². The van der Waals surface area contributed by atoms with Crippen LogP contribution in [0, 0.1) is 0 Å². The van der Waals surface area contributed by atoms with E-state index < -0.39 is 0 Å². The van der Waals surface area contributed by atoms with Crippen molar-refractivity contribution >= 4 is 28.3 Å². The van der Waals surface area contributed by atoms with Crippen molar-refractivity contribution in [1.82, 2.24) is 9.80 Å². The van der Waals surface area contributed by atoms with Crippen LogP contribution in [0.3, 0.4) is 0 Å². The van der Waals surface area contributed by atoms with Gasteiger partial charge in [-0.05, 0) is 60.7 Å². The Hall–Kier alpha value is -4.63. The lowest BCUT2D eigenvalue weighted by Crippen LogP contribution is -2.48. The van der Waals surface area contributed by atoms with Crippen molar-refractivity contribution < 1.29 is 14.6 Å². The molecular weight excluding hydrogens is 574 g/mol. The van der Waals surface area contributed by atoms with Gasteiger partial charge in [0.15, 0.2) is 0 Å². The molecule has 1 saturated heterocycles. The molecule has 4 aromatic carbocycles. The number of hydrogen-bond donors (Lipinski definition) is 1. The summed E-state index contributed by atoms with van der Waals surface area (Å²) in [5.74, 6) is 1.68. The quantitative estimate of drug-likeness (QED) is 0.104. The van der Waals surface area contributed by atoms with Crippen LogP contribution in [0.5, 0.6) is 5.75 Å². The molecule has 8 nitrogen and oxygen atoms in total. The van der Waals surface area contributed by atoms with Gasteiger partial charge in [-0.15, -0.1) is 0 Å². The first-order chi connectivity index (χ1) is 22.2. The second kappa shape index (κ2) is 15.6. The van der Waals surface area contributed by atoms with Crippen molar-refractivity contribution in [2.75, 3.05) is 51.8 Å². The normalized spacial score (nSPS) is 14.4. The molecule has 1 aromatic heterocycles. The number of rotatable bonds is 11. The molecule has 240 valence electrons. The van der Waals surface area contributed by atoms with Crippen LogP contribution in [0.25, 0.3) is 10.8 Å². The number of aliphatic imine (C=N–C) groups is 1. The summed E-state index contributed by atoms with van der Waals surface area (Å²) in [5, 5.41) is 1.98. The van der Waals surface area contributed by atoms with Crippen molar-refractivity contribution in [3.63, 3.8) is 0 Å². The fourth-order valence-corrected chi connectivity index (χ4v) is 6.45. The van der Waals surface area contributed by atoms with Crippen molar-refractivity contribution in [1.29, 1.82) is 0 Å². The predicted octanol–water partition coefficient (Wildman–Crippen LogP) is 6.43. The highest BCUT2D eigenvalue weighted by Gasteiger charge is 2.26. The molecule has 0 aliphatic carbocycles. The van der Waals surface area contributed by atoms with Gasteiger partial charge in [0.25, 0.3) is 0 Å². The highest BCUT2D eigenvalue weighted by Crippen LogP contribution is 2.39. The molecule has 0 amide bonds. The van der Waals surface area contributed by atoms with Gasteiger partial charge in [-0.25, -0.2) is 4.90 Å². The summed E-state index contributed by atoms with van der Waals surface area (Å²) in [6, 6.07) is 36.5. The number of hydrogen-bond acceptors (Lipinski definition) is 5. The molecule has 5 aromatic rings. The Balaban J connectivity index is 0.00000417. The number of nitrogens with zero attached hydrogens (tertiary/aromatic N) is 4. The van der Waals surface area contributed by atoms with E-state index >= 15 is 0 Å². The smallest absolute Gasteiger partial charge is 0.214 e. The summed E-state index contributed by atoms with van der Waals surface area (Å²) in [5.41, 5.74) is 11.2. The maximum absolute atomic E-state index is 6.46. The third kappa shape index (κ3) is 7.26. The number of benzene rings is 4. The van der Waals surface area contributed by atoms with Gasteiger partial charge < -0.3 is 25.3 Å². The van der Waals surface area contributed by atoms with Gasteiger partial charge in [-0.1, -0.05) is 84.9 Å². The maximum Gasteiger partial charge on any atom is 0.214 e. The second-order valence-electron chi connectivity index (χ2n) is 11.6. The van der Waals surface area contributed by atoms with E-state index in [4.69, 9.17) is 14.9 Å². The molecule has 0 spiro atoms. The number of ether oxygens (including phenoxy) is 1. The molecule has 4 N–H and O–H groups in total. The van der Waals surface area contributed by atoms with Crippen LogP contribution in [0.1, 0.15) is 35.6 Å². The first-order valence-electron chi connectivity index (χ1n) is 15.9. The molecule has 1 aliphatic heterocycles. The van der Waals surface area contributed by atoms with Gasteiger partial charge in [-0.3, -0.25) is 9.89 Å². The van der Waals surface area contributed by atoms with E-state index in [-0.39, 0.29) is 5.48 Å². The zero-order valence-corrected chi connectivity index (χ0v) is 26.8. The van der Waals surface area contributed by atoms with Crippen molar-refractivity contribution in [3.8, 4) is 5.75 Å². The Kier molecular flexibility index (Phi) is 11.1. The first kappa shape index (κ1) is 32.8. The molecule has 8 heteroatoms. The van der Waals surface area contributed by atoms with Crippen LogP contribution >= 0.6 is 0 Å². The third-order valence-corrected chi connectivity index (χ3v) is 8.83. The summed E-state index contributed by atoms with van der Waals surface area (Å²) >= 11 is 0. The third-order valence-electron chi connectivity index (χ3n) is 8.83. The Morgan fingerprint density at radius 3 is 2.17 bits per heavy atom. The molecule has 6 rings (SSSR count). The van der Waals surface area contributed by atoms with E-state index in [1.165, 1.54) is 16.7 Å². The number of aryl methyl sites for hydroxylation is 1. The monoisotopic (exact) mass is 619 g/mol. The topological polar surface area (TPSA) is 102 Å². The van der Waals surface area contributed by atoms with Crippen LogP contribution < -0.4 is 15.4 Å². The number of nitrogens with two attached hydrogens (primary N) is 1. The number of guanidine groups is 1. The number of piperazine rings is 1. The Bertz CT molecular complexity index is 1660. The van der Waals surface area contributed by atoms with Gasteiger partial charge in [-0.2, -0.15) is 0 Å². The van der Waals surface area contributed by atoms with Gasteiger partial charge in [0, 0.05) is 44.0 Å². The number of anilines is 2. The lowest BCUT2D eigenvalue weighted by atomic mass is 9.96. The molecule has 0 bridgehead atoms. The number of fused-ring (bicyclic) bond motifs is 1. The minimum Gasteiger partial charge on any atom is -0.495 e. The standard InChI is InChI=1S/C38H43N5O2.H2O/c1-40-38(39)43(37-33-19-10-9-18-32(33)28-45-37)34-27-29(20-21-35(34)44-2)13-11-12-22-41-23-25-42(26-24-41)36(30-14-5-3-6-15-30)31-16-7-4-8-17-31;/h3-10,14-21,27-28,36H,11-13,22-26H2,1-2H3,(H2,39,40);1H2. The van der Waals surface area contributed by atoms with Crippen molar-refractivity contribution in [2.24, 2.45) is 10.7 Å². The predicted molar refractivity (Wildman–Crippen MR) is 188 cm³/mol. The molecule has 0 saturated carbocycles. The first-order valence-corrected chi connectivity index (χ1v) is 15.9. The van der Waals surface area contributed by atoms with Gasteiger partial charge in [0.2, 0.25) is 11.8 Å². The molecule has 1 aliphatic rings. The van der Waals surface area contributed by atoms with E-state index in [1.807, 2.05) is 35.2 Å². The summed E-state index contributed by atoms with van der Waals surface area (Å²) < 4.78 is 11.8. The molecule has 0 unspecified atom stereocenters. The Labute approximate surface area is 272 Å². The summed E-state index contributed by atoms with van der Waals surface area (Å²) in [4.78, 5) is 11.4. The summed E-state index contributed by atoms with van der Waals surface area (Å²) in [7, 11) is 3.37. The summed E-state index contributed by atoms with van der Waals surface area (Å²) in [6.45, 7) is 5.41. The van der Waals surface area contributed by atoms with E-state index in [1.54, 1.807) is 20.4 Å². The summed E-state index contributed by atoms with van der Waals surface area (Å²) in [6.07, 6.45) is 4.97. The van der Waals surface area contributed by atoms with Gasteiger partial charge >= 0.3 is 0 Å². The maximum atomic E-state index is 6.46. The van der Waals surface area contributed by atoms with Crippen LogP contribution in [0.2, 0.25) is 0 Å². The minimum atomic E-state index is 0. The van der Waals surface area contributed by atoms with E-state index in [2.05, 4.69) is 87.6 Å². The van der Waals surface area contributed by atoms with Crippen LogP contribution in [-0.4, -0.2) is 68.1 Å². The number of methoxy groups -OCH3 is 1. The van der Waals surface area contributed by atoms with Gasteiger partial charge in [0.1, 0.15) is 12.0 Å². The van der Waals surface area contributed by atoms with Crippen molar-refractivity contribution in [2.45, 2.75) is 25.3 Å². The molecule has 0 atom stereocenters. The van der Waals surface area contributed by atoms with Gasteiger partial charge in [0.05, 0.1) is 18.8 Å². The highest BCUT2D eigenvalue weighted by molar-refractivity contribution is 6.08. The SMILES string of the molecule is CN=C(N)N(c1cc(CCCCN2CCN(C(c3ccccc3)c3ccccc3)CC2)ccc1OC)c1occ2ccccc12.O. The zero-order valence-electron chi connectivity index (χ0n) is 26.8. The molecule has 46 heavy (non-hydrogen) atoms. The fourth-order valence-electron chi connectivity index (χ4n) is 6.45.